The van der Waals surface area contributed by atoms with Crippen LogP contribution in [0.2, 0.25) is 0 Å². The Morgan fingerprint density at radius 1 is 1.19 bits per heavy atom. The molecular formula is C22H24N2O2S. The van der Waals surface area contributed by atoms with E-state index in [-0.39, 0.29) is 12.0 Å². The van der Waals surface area contributed by atoms with E-state index in [0.717, 1.165) is 27.7 Å². The van der Waals surface area contributed by atoms with E-state index in [9.17, 15) is 4.79 Å². The highest BCUT2D eigenvalue weighted by molar-refractivity contribution is 8.18. The van der Waals surface area contributed by atoms with Gasteiger partial charge in [0.05, 0.1) is 16.7 Å². The summed E-state index contributed by atoms with van der Waals surface area (Å²) in [5.41, 5.74) is 2.92. The number of aliphatic imine (C=N–C) groups is 1. The molecule has 0 saturated carbocycles. The molecule has 0 N–H and O–H groups in total. The number of carbonyl (C=O) groups excluding carboxylic acids is 1. The molecule has 27 heavy (non-hydrogen) atoms. The van der Waals surface area contributed by atoms with E-state index < -0.39 is 0 Å². The topological polar surface area (TPSA) is 41.9 Å². The maximum absolute atomic E-state index is 12.8. The minimum absolute atomic E-state index is 0.00925. The first-order chi connectivity index (χ1) is 13.0. The third kappa shape index (κ3) is 4.61. The minimum atomic E-state index is -0.00925. The Bertz CT molecular complexity index is 903. The molecule has 3 rings (SSSR count). The zero-order valence-electron chi connectivity index (χ0n) is 16.1. The van der Waals surface area contributed by atoms with E-state index in [1.165, 1.54) is 11.8 Å². The van der Waals surface area contributed by atoms with Gasteiger partial charge in [0.25, 0.3) is 5.91 Å². The summed E-state index contributed by atoms with van der Waals surface area (Å²) >= 11 is 1.42. The summed E-state index contributed by atoms with van der Waals surface area (Å²) in [6, 6.07) is 15.7. The van der Waals surface area contributed by atoms with Crippen LogP contribution in [0.4, 0.5) is 5.69 Å². The summed E-state index contributed by atoms with van der Waals surface area (Å²) in [5.74, 6) is 0.793. The highest BCUT2D eigenvalue weighted by atomic mass is 32.2. The normalized spacial score (nSPS) is 17.4. The zero-order chi connectivity index (χ0) is 19.4. The molecular weight excluding hydrogens is 356 g/mol. The first kappa shape index (κ1) is 19.2. The SMILES string of the molecule is CCN1C(=O)/C(=C\c2cccc(OC(C)C)c2)SC1=Nc1ccccc1C. The monoisotopic (exact) mass is 380 g/mol. The number of thioether (sulfide) groups is 1. The molecule has 0 atom stereocenters. The van der Waals surface area contributed by atoms with Gasteiger partial charge in [-0.25, -0.2) is 4.99 Å². The third-order valence-corrected chi connectivity index (χ3v) is 5.07. The minimum Gasteiger partial charge on any atom is -0.491 e. The number of nitrogens with zero attached hydrogens (tertiary/aromatic N) is 2. The van der Waals surface area contributed by atoms with Crippen molar-refractivity contribution in [1.82, 2.24) is 4.90 Å². The van der Waals surface area contributed by atoms with Gasteiger partial charge in [0, 0.05) is 6.54 Å². The van der Waals surface area contributed by atoms with Crippen LogP contribution in [0.3, 0.4) is 0 Å². The molecule has 0 bridgehead atoms. The van der Waals surface area contributed by atoms with Gasteiger partial charge in [0.1, 0.15) is 5.75 Å². The van der Waals surface area contributed by atoms with Crippen molar-refractivity contribution in [2.45, 2.75) is 33.8 Å². The summed E-state index contributed by atoms with van der Waals surface area (Å²) < 4.78 is 5.75. The van der Waals surface area contributed by atoms with Crippen LogP contribution in [0.5, 0.6) is 5.75 Å². The molecule has 0 unspecified atom stereocenters. The van der Waals surface area contributed by atoms with Gasteiger partial charge in [-0.1, -0.05) is 30.3 Å². The van der Waals surface area contributed by atoms with Gasteiger partial charge in [0.15, 0.2) is 5.17 Å². The van der Waals surface area contributed by atoms with Crippen LogP contribution >= 0.6 is 11.8 Å². The largest absolute Gasteiger partial charge is 0.491 e. The molecule has 0 aromatic heterocycles. The van der Waals surface area contributed by atoms with Crippen molar-refractivity contribution < 1.29 is 9.53 Å². The van der Waals surface area contributed by atoms with E-state index in [2.05, 4.69) is 0 Å². The molecule has 5 heteroatoms. The molecule has 0 aliphatic carbocycles. The van der Waals surface area contributed by atoms with Gasteiger partial charge < -0.3 is 4.74 Å². The van der Waals surface area contributed by atoms with Crippen LogP contribution in [0.25, 0.3) is 6.08 Å². The Balaban J connectivity index is 1.90. The summed E-state index contributed by atoms with van der Waals surface area (Å²) in [6.45, 7) is 8.56. The molecule has 140 valence electrons. The fourth-order valence-electron chi connectivity index (χ4n) is 2.76. The molecule has 0 spiro atoms. The number of aryl methyl sites for hydroxylation is 1. The Labute approximate surface area is 164 Å². The fraction of sp³-hybridized carbons (Fsp3) is 0.273. The predicted molar refractivity (Wildman–Crippen MR) is 113 cm³/mol. The average Bonchev–Trinajstić information content (AvgIpc) is 2.91. The van der Waals surface area contributed by atoms with Gasteiger partial charge in [-0.15, -0.1) is 0 Å². The molecule has 1 fully saturated rings. The molecule has 2 aromatic carbocycles. The molecule has 2 aromatic rings. The molecule has 1 aliphatic rings. The first-order valence-corrected chi connectivity index (χ1v) is 9.92. The smallest absolute Gasteiger partial charge is 0.266 e. The fourth-order valence-corrected chi connectivity index (χ4v) is 3.82. The lowest BCUT2D eigenvalue weighted by atomic mass is 10.2. The molecule has 1 heterocycles. The van der Waals surface area contributed by atoms with Crippen molar-refractivity contribution >= 4 is 34.6 Å². The number of hydrogen-bond donors (Lipinski definition) is 0. The zero-order valence-corrected chi connectivity index (χ0v) is 16.9. The second-order valence-corrected chi connectivity index (χ2v) is 7.59. The Morgan fingerprint density at radius 3 is 2.67 bits per heavy atom. The maximum atomic E-state index is 12.8. The molecule has 0 radical (unpaired) electrons. The lowest BCUT2D eigenvalue weighted by molar-refractivity contribution is -0.122. The van der Waals surface area contributed by atoms with Gasteiger partial charge >= 0.3 is 0 Å². The van der Waals surface area contributed by atoms with Gasteiger partial charge in [-0.05, 0) is 74.9 Å². The van der Waals surface area contributed by atoms with E-state index in [4.69, 9.17) is 9.73 Å². The lowest BCUT2D eigenvalue weighted by Gasteiger charge is -2.12. The quantitative estimate of drug-likeness (QED) is 0.652. The van der Waals surface area contributed by atoms with Crippen molar-refractivity contribution in [3.63, 3.8) is 0 Å². The van der Waals surface area contributed by atoms with Crippen molar-refractivity contribution in [3.8, 4) is 5.75 Å². The number of para-hydroxylation sites is 1. The number of benzene rings is 2. The van der Waals surface area contributed by atoms with Crippen LogP contribution in [0.1, 0.15) is 31.9 Å². The number of hydrogen-bond acceptors (Lipinski definition) is 4. The number of carbonyl (C=O) groups is 1. The van der Waals surface area contributed by atoms with E-state index >= 15 is 0 Å². The van der Waals surface area contributed by atoms with Crippen LogP contribution in [0.15, 0.2) is 58.4 Å². The molecule has 1 amide bonds. The van der Waals surface area contributed by atoms with Crippen LogP contribution in [-0.4, -0.2) is 28.6 Å². The summed E-state index contributed by atoms with van der Waals surface area (Å²) in [7, 11) is 0. The molecule has 1 aliphatic heterocycles. The Kier molecular flexibility index (Phi) is 6.01. The van der Waals surface area contributed by atoms with Gasteiger partial charge in [-0.3, -0.25) is 9.69 Å². The first-order valence-electron chi connectivity index (χ1n) is 9.10. The molecule has 4 nitrogen and oxygen atoms in total. The summed E-state index contributed by atoms with van der Waals surface area (Å²) in [4.78, 5) is 19.9. The van der Waals surface area contributed by atoms with Gasteiger partial charge in [0.2, 0.25) is 0 Å². The van der Waals surface area contributed by atoms with E-state index in [0.29, 0.717) is 11.4 Å². The van der Waals surface area contributed by atoms with Crippen LogP contribution in [0, 0.1) is 6.92 Å². The highest BCUT2D eigenvalue weighted by Gasteiger charge is 2.32. The Hall–Kier alpha value is -2.53. The second-order valence-electron chi connectivity index (χ2n) is 6.58. The standard InChI is InChI=1S/C22H24N2O2S/c1-5-24-21(25)20(14-17-10-8-11-18(13-17)26-15(2)3)27-22(24)23-19-12-7-6-9-16(19)4/h6-15H,5H2,1-4H3/b20-14+,23-22?. The average molecular weight is 381 g/mol. The third-order valence-electron chi connectivity index (χ3n) is 4.06. The summed E-state index contributed by atoms with van der Waals surface area (Å²) in [5, 5.41) is 0.720. The number of likely N-dealkylation sites (N-methyl/N-ethyl adjacent to an activating group) is 1. The Morgan fingerprint density at radius 2 is 1.96 bits per heavy atom. The summed E-state index contributed by atoms with van der Waals surface area (Å²) in [6.07, 6.45) is 2.02. The van der Waals surface area contributed by atoms with Crippen molar-refractivity contribution in [1.29, 1.82) is 0 Å². The predicted octanol–water partition coefficient (Wildman–Crippen LogP) is 5.41. The van der Waals surface area contributed by atoms with E-state index in [1.807, 2.05) is 82.3 Å². The maximum Gasteiger partial charge on any atom is 0.266 e. The second kappa shape index (κ2) is 8.44. The lowest BCUT2D eigenvalue weighted by Crippen LogP contribution is -2.28. The number of ether oxygens (including phenoxy) is 1. The molecule has 1 saturated heterocycles. The van der Waals surface area contributed by atoms with Crippen molar-refractivity contribution in [2.75, 3.05) is 6.54 Å². The highest BCUT2D eigenvalue weighted by Crippen LogP contribution is 2.34. The number of rotatable bonds is 5. The van der Waals surface area contributed by atoms with Gasteiger partial charge in [-0.2, -0.15) is 0 Å². The van der Waals surface area contributed by atoms with Crippen LogP contribution in [-0.2, 0) is 4.79 Å². The van der Waals surface area contributed by atoms with Crippen LogP contribution < -0.4 is 4.74 Å². The number of amides is 1. The van der Waals surface area contributed by atoms with Crippen molar-refractivity contribution in [3.05, 3.63) is 64.6 Å². The number of amidine groups is 1. The van der Waals surface area contributed by atoms with Crippen molar-refractivity contribution in [2.24, 2.45) is 4.99 Å². The van der Waals surface area contributed by atoms with E-state index in [1.54, 1.807) is 4.90 Å².